The molecule has 0 aliphatic heterocycles. The van der Waals surface area contributed by atoms with E-state index in [-0.39, 0.29) is 5.38 Å². The Labute approximate surface area is 239 Å². The monoisotopic (exact) mass is 544 g/mol. The second kappa shape index (κ2) is 13.8. The van der Waals surface area contributed by atoms with E-state index in [0.29, 0.717) is 12.5 Å². The normalized spacial score (nSPS) is 12.8. The van der Waals surface area contributed by atoms with Gasteiger partial charge in [0.2, 0.25) is 0 Å². The van der Waals surface area contributed by atoms with Crippen LogP contribution in [0, 0.1) is 12.8 Å². The van der Waals surface area contributed by atoms with Gasteiger partial charge in [-0.2, -0.15) is 0 Å². The standard InChI is InChI=1S/C35H41ClO3/c1-6-11-26(35(36)28-17-16-25-12-8-9-13-27(25)23-28)14-10-21-39-32-18-15-24(3)22-30(32)34-29(7-2)31(37-4)19-20-33(34)38-5/h8-9,12-13,15-20,22-23,26,35H,6-7,10-11,14,21H2,1-5H3. The number of ether oxygens (including phenoxy) is 3. The van der Waals surface area contributed by atoms with Crippen molar-refractivity contribution in [1.82, 2.24) is 0 Å². The average molecular weight is 545 g/mol. The Kier molecular flexibility index (Phi) is 10.2. The first kappa shape index (κ1) is 28.8. The Morgan fingerprint density at radius 2 is 1.49 bits per heavy atom. The second-order valence-electron chi connectivity index (χ2n) is 10.2. The van der Waals surface area contributed by atoms with E-state index in [4.69, 9.17) is 25.8 Å². The zero-order valence-electron chi connectivity index (χ0n) is 23.9. The number of halogens is 1. The van der Waals surface area contributed by atoms with Crippen LogP contribution in [-0.4, -0.2) is 20.8 Å². The van der Waals surface area contributed by atoms with Gasteiger partial charge in [0.1, 0.15) is 17.2 Å². The van der Waals surface area contributed by atoms with Crippen LogP contribution >= 0.6 is 11.6 Å². The fourth-order valence-electron chi connectivity index (χ4n) is 5.57. The molecule has 2 atom stereocenters. The summed E-state index contributed by atoms with van der Waals surface area (Å²) >= 11 is 7.10. The highest BCUT2D eigenvalue weighted by molar-refractivity contribution is 6.21. The van der Waals surface area contributed by atoms with Gasteiger partial charge in [-0.3, -0.25) is 0 Å². The molecule has 39 heavy (non-hydrogen) atoms. The SMILES string of the molecule is CCCC(CCCOc1ccc(C)cc1-c1c(OC)ccc(OC)c1CC)C(Cl)c1ccc2ccccc2c1. The minimum absolute atomic E-state index is 0.0161. The zero-order valence-corrected chi connectivity index (χ0v) is 24.7. The van der Waals surface area contributed by atoms with Crippen molar-refractivity contribution in [2.75, 3.05) is 20.8 Å². The Balaban J connectivity index is 1.50. The molecule has 4 aromatic carbocycles. The summed E-state index contributed by atoms with van der Waals surface area (Å²) in [4.78, 5) is 0. The lowest BCUT2D eigenvalue weighted by atomic mass is 9.89. The first-order valence-corrected chi connectivity index (χ1v) is 14.5. The summed E-state index contributed by atoms with van der Waals surface area (Å²) in [6.45, 7) is 7.11. The van der Waals surface area contributed by atoms with Gasteiger partial charge in [-0.05, 0) is 85.2 Å². The molecular weight excluding hydrogens is 504 g/mol. The second-order valence-corrected chi connectivity index (χ2v) is 10.7. The van der Waals surface area contributed by atoms with Gasteiger partial charge in [-0.25, -0.2) is 0 Å². The fourth-order valence-corrected chi connectivity index (χ4v) is 5.95. The van der Waals surface area contributed by atoms with Crippen LogP contribution in [0.3, 0.4) is 0 Å². The Bertz CT molecular complexity index is 1380. The van der Waals surface area contributed by atoms with Crippen LogP contribution in [-0.2, 0) is 6.42 Å². The maximum absolute atomic E-state index is 7.10. The molecule has 206 valence electrons. The Morgan fingerprint density at radius 3 is 2.21 bits per heavy atom. The molecule has 0 N–H and O–H groups in total. The number of rotatable bonds is 13. The van der Waals surface area contributed by atoms with Crippen molar-refractivity contribution in [2.45, 2.75) is 58.3 Å². The largest absolute Gasteiger partial charge is 0.496 e. The summed E-state index contributed by atoms with van der Waals surface area (Å²) in [5.41, 5.74) is 5.58. The molecule has 0 saturated carbocycles. The van der Waals surface area contributed by atoms with Gasteiger partial charge in [0.05, 0.1) is 26.2 Å². The van der Waals surface area contributed by atoms with Crippen molar-refractivity contribution < 1.29 is 14.2 Å². The van der Waals surface area contributed by atoms with E-state index >= 15 is 0 Å². The van der Waals surface area contributed by atoms with E-state index in [1.165, 1.54) is 21.9 Å². The van der Waals surface area contributed by atoms with Crippen LogP contribution in [0.1, 0.15) is 61.6 Å². The highest BCUT2D eigenvalue weighted by atomic mass is 35.5. The predicted molar refractivity (Wildman–Crippen MR) is 165 cm³/mol. The topological polar surface area (TPSA) is 27.7 Å². The van der Waals surface area contributed by atoms with E-state index in [9.17, 15) is 0 Å². The molecule has 0 fully saturated rings. The van der Waals surface area contributed by atoms with Crippen molar-refractivity contribution in [3.05, 3.63) is 89.5 Å². The molecule has 2 unspecified atom stereocenters. The number of alkyl halides is 1. The lowest BCUT2D eigenvalue weighted by Gasteiger charge is -2.23. The quantitative estimate of drug-likeness (QED) is 0.124. The number of methoxy groups -OCH3 is 2. The maximum atomic E-state index is 7.10. The molecule has 0 aliphatic carbocycles. The molecule has 0 spiro atoms. The molecule has 3 nitrogen and oxygen atoms in total. The molecule has 0 heterocycles. The van der Waals surface area contributed by atoms with Gasteiger partial charge in [-0.15, -0.1) is 11.6 Å². The predicted octanol–water partition coefficient (Wildman–Crippen LogP) is 9.95. The van der Waals surface area contributed by atoms with Crippen LogP contribution in [0.15, 0.2) is 72.8 Å². The summed E-state index contributed by atoms with van der Waals surface area (Å²) in [7, 11) is 3.43. The van der Waals surface area contributed by atoms with Crippen LogP contribution in [0.25, 0.3) is 21.9 Å². The fraction of sp³-hybridized carbons (Fsp3) is 0.371. The number of aryl methyl sites for hydroxylation is 1. The van der Waals surface area contributed by atoms with E-state index in [1.54, 1.807) is 14.2 Å². The summed E-state index contributed by atoms with van der Waals surface area (Å²) in [5, 5.41) is 2.47. The van der Waals surface area contributed by atoms with E-state index in [1.807, 2.05) is 12.1 Å². The summed E-state index contributed by atoms with van der Waals surface area (Å²) < 4.78 is 17.9. The highest BCUT2D eigenvalue weighted by Crippen LogP contribution is 2.43. The van der Waals surface area contributed by atoms with Crippen molar-refractivity contribution in [2.24, 2.45) is 5.92 Å². The van der Waals surface area contributed by atoms with Gasteiger partial charge in [0.15, 0.2) is 0 Å². The molecule has 4 rings (SSSR count). The van der Waals surface area contributed by atoms with Crippen molar-refractivity contribution in [3.8, 4) is 28.4 Å². The van der Waals surface area contributed by atoms with Crippen LogP contribution in [0.5, 0.6) is 17.2 Å². The minimum atomic E-state index is -0.0161. The molecule has 0 radical (unpaired) electrons. The molecule has 4 heteroatoms. The third-order valence-corrected chi connectivity index (χ3v) is 8.18. The lowest BCUT2D eigenvalue weighted by molar-refractivity contribution is 0.286. The molecule has 0 saturated heterocycles. The van der Waals surface area contributed by atoms with Gasteiger partial charge < -0.3 is 14.2 Å². The molecule has 0 amide bonds. The Hall–Kier alpha value is -3.17. The minimum Gasteiger partial charge on any atom is -0.496 e. The van der Waals surface area contributed by atoms with Crippen molar-refractivity contribution in [1.29, 1.82) is 0 Å². The van der Waals surface area contributed by atoms with Gasteiger partial charge in [-0.1, -0.05) is 68.3 Å². The summed E-state index contributed by atoms with van der Waals surface area (Å²) in [6.07, 6.45) is 4.98. The van der Waals surface area contributed by atoms with Crippen molar-refractivity contribution >= 4 is 22.4 Å². The summed E-state index contributed by atoms with van der Waals surface area (Å²) in [6, 6.07) is 25.4. The van der Waals surface area contributed by atoms with E-state index < -0.39 is 0 Å². The maximum Gasteiger partial charge on any atom is 0.127 e. The van der Waals surface area contributed by atoms with Crippen LogP contribution < -0.4 is 14.2 Å². The molecule has 4 aromatic rings. The van der Waals surface area contributed by atoms with E-state index in [0.717, 1.165) is 66.0 Å². The van der Waals surface area contributed by atoms with Crippen LogP contribution in [0.4, 0.5) is 0 Å². The van der Waals surface area contributed by atoms with Crippen molar-refractivity contribution in [3.63, 3.8) is 0 Å². The lowest BCUT2D eigenvalue weighted by Crippen LogP contribution is -2.11. The Morgan fingerprint density at radius 1 is 0.769 bits per heavy atom. The molecule has 0 bridgehead atoms. The number of fused-ring (bicyclic) bond motifs is 1. The first-order chi connectivity index (χ1) is 19.0. The molecular formula is C35H41ClO3. The first-order valence-electron chi connectivity index (χ1n) is 14.1. The van der Waals surface area contributed by atoms with E-state index in [2.05, 4.69) is 81.4 Å². The number of hydrogen-bond acceptors (Lipinski definition) is 3. The zero-order chi connectivity index (χ0) is 27.8. The molecule has 0 aromatic heterocycles. The third kappa shape index (κ3) is 6.70. The van der Waals surface area contributed by atoms with Gasteiger partial charge in [0.25, 0.3) is 0 Å². The number of hydrogen-bond donors (Lipinski definition) is 0. The summed E-state index contributed by atoms with van der Waals surface area (Å²) in [5.74, 6) is 2.95. The van der Waals surface area contributed by atoms with Crippen LogP contribution in [0.2, 0.25) is 0 Å². The smallest absolute Gasteiger partial charge is 0.127 e. The average Bonchev–Trinajstić information content (AvgIpc) is 2.97. The van der Waals surface area contributed by atoms with Gasteiger partial charge >= 0.3 is 0 Å². The van der Waals surface area contributed by atoms with Gasteiger partial charge in [0, 0.05) is 16.7 Å². The third-order valence-electron chi connectivity index (χ3n) is 7.57. The molecule has 0 aliphatic rings. The highest BCUT2D eigenvalue weighted by Gasteiger charge is 2.22. The number of benzene rings is 4.